The number of hydrogen-bond donors (Lipinski definition) is 1. The van der Waals surface area contributed by atoms with Crippen LogP contribution in [0.15, 0.2) is 59.3 Å². The van der Waals surface area contributed by atoms with E-state index in [2.05, 4.69) is 29.4 Å². The van der Waals surface area contributed by atoms with Crippen molar-refractivity contribution in [1.82, 2.24) is 4.98 Å². The standard InChI is InChI=1S/C15H14N2O/c1-11(14-8-4-10-18-14)17-13-7-2-5-12-6-3-9-16-15(12)13/h2-11,17H,1H3. The summed E-state index contributed by atoms with van der Waals surface area (Å²) in [4.78, 5) is 4.42. The maximum Gasteiger partial charge on any atom is 0.125 e. The van der Waals surface area contributed by atoms with E-state index in [1.165, 1.54) is 0 Å². The van der Waals surface area contributed by atoms with Gasteiger partial charge in [0, 0.05) is 11.6 Å². The molecule has 0 fully saturated rings. The predicted octanol–water partition coefficient (Wildman–Crippen LogP) is 4.00. The minimum atomic E-state index is 0.118. The van der Waals surface area contributed by atoms with Crippen molar-refractivity contribution in [3.63, 3.8) is 0 Å². The lowest BCUT2D eigenvalue weighted by Gasteiger charge is -2.14. The van der Waals surface area contributed by atoms with Crippen molar-refractivity contribution in [2.75, 3.05) is 5.32 Å². The Bertz CT molecular complexity index is 641. The highest BCUT2D eigenvalue weighted by atomic mass is 16.3. The number of rotatable bonds is 3. The molecule has 0 radical (unpaired) electrons. The lowest BCUT2D eigenvalue weighted by Crippen LogP contribution is -2.06. The van der Waals surface area contributed by atoms with Gasteiger partial charge >= 0.3 is 0 Å². The van der Waals surface area contributed by atoms with Crippen LogP contribution < -0.4 is 5.32 Å². The van der Waals surface area contributed by atoms with Crippen molar-refractivity contribution < 1.29 is 4.42 Å². The maximum atomic E-state index is 5.40. The van der Waals surface area contributed by atoms with Gasteiger partial charge in [-0.05, 0) is 31.2 Å². The van der Waals surface area contributed by atoms with Crippen LogP contribution in [0.3, 0.4) is 0 Å². The minimum absolute atomic E-state index is 0.118. The van der Waals surface area contributed by atoms with E-state index in [0.29, 0.717) is 0 Å². The second-order valence-electron chi connectivity index (χ2n) is 4.26. The molecular weight excluding hydrogens is 224 g/mol. The Balaban J connectivity index is 1.95. The number of furan rings is 1. The number of fused-ring (bicyclic) bond motifs is 1. The van der Waals surface area contributed by atoms with Crippen molar-refractivity contribution in [3.8, 4) is 0 Å². The summed E-state index contributed by atoms with van der Waals surface area (Å²) in [7, 11) is 0. The van der Waals surface area contributed by atoms with E-state index in [-0.39, 0.29) is 6.04 Å². The van der Waals surface area contributed by atoms with Crippen LogP contribution in [0.1, 0.15) is 18.7 Å². The third-order valence-corrected chi connectivity index (χ3v) is 2.97. The van der Waals surface area contributed by atoms with Crippen molar-refractivity contribution >= 4 is 16.6 Å². The van der Waals surface area contributed by atoms with Crippen molar-refractivity contribution in [3.05, 3.63) is 60.7 Å². The normalized spacial score (nSPS) is 12.5. The first-order valence-corrected chi connectivity index (χ1v) is 5.98. The quantitative estimate of drug-likeness (QED) is 0.749. The Morgan fingerprint density at radius 3 is 2.83 bits per heavy atom. The van der Waals surface area contributed by atoms with Crippen LogP contribution in [0, 0.1) is 0 Å². The fourth-order valence-corrected chi connectivity index (χ4v) is 2.06. The van der Waals surface area contributed by atoms with Crippen LogP contribution in [-0.4, -0.2) is 4.98 Å². The van der Waals surface area contributed by atoms with E-state index >= 15 is 0 Å². The van der Waals surface area contributed by atoms with E-state index in [1.807, 2.05) is 36.5 Å². The van der Waals surface area contributed by atoms with E-state index in [1.54, 1.807) is 6.26 Å². The zero-order chi connectivity index (χ0) is 12.4. The summed E-state index contributed by atoms with van der Waals surface area (Å²) in [6, 6.07) is 14.1. The number of pyridine rings is 1. The largest absolute Gasteiger partial charge is 0.467 e. The van der Waals surface area contributed by atoms with E-state index < -0.39 is 0 Å². The monoisotopic (exact) mass is 238 g/mol. The van der Waals surface area contributed by atoms with Crippen LogP contribution >= 0.6 is 0 Å². The number of para-hydroxylation sites is 1. The first-order chi connectivity index (χ1) is 8.84. The Kier molecular flexibility index (Phi) is 2.73. The van der Waals surface area contributed by atoms with E-state index in [0.717, 1.165) is 22.4 Å². The summed E-state index contributed by atoms with van der Waals surface area (Å²) < 4.78 is 5.40. The van der Waals surface area contributed by atoms with Crippen molar-refractivity contribution in [2.24, 2.45) is 0 Å². The lowest BCUT2D eigenvalue weighted by molar-refractivity contribution is 0.491. The Morgan fingerprint density at radius 2 is 2.00 bits per heavy atom. The zero-order valence-corrected chi connectivity index (χ0v) is 10.1. The summed E-state index contributed by atoms with van der Waals surface area (Å²) in [5.74, 6) is 0.919. The fraction of sp³-hybridized carbons (Fsp3) is 0.133. The highest BCUT2D eigenvalue weighted by molar-refractivity contribution is 5.90. The number of anilines is 1. The van der Waals surface area contributed by atoms with Gasteiger partial charge in [0.25, 0.3) is 0 Å². The number of nitrogens with zero attached hydrogens (tertiary/aromatic N) is 1. The molecule has 1 N–H and O–H groups in total. The zero-order valence-electron chi connectivity index (χ0n) is 10.1. The maximum absolute atomic E-state index is 5.40. The van der Waals surface area contributed by atoms with Gasteiger partial charge in [0.1, 0.15) is 5.76 Å². The van der Waals surface area contributed by atoms with Gasteiger partial charge in [-0.1, -0.05) is 18.2 Å². The number of nitrogens with one attached hydrogen (secondary N) is 1. The summed E-state index contributed by atoms with van der Waals surface area (Å²) in [5, 5.41) is 4.56. The average Bonchev–Trinajstić information content (AvgIpc) is 2.93. The summed E-state index contributed by atoms with van der Waals surface area (Å²) in [5.41, 5.74) is 2.01. The Labute approximate surface area is 105 Å². The Hall–Kier alpha value is -2.29. The molecule has 1 unspecified atom stereocenters. The molecule has 3 rings (SSSR count). The topological polar surface area (TPSA) is 38.1 Å². The third-order valence-electron chi connectivity index (χ3n) is 2.97. The third kappa shape index (κ3) is 1.95. The molecule has 3 aromatic rings. The highest BCUT2D eigenvalue weighted by Crippen LogP contribution is 2.25. The van der Waals surface area contributed by atoms with Crippen LogP contribution in [0.25, 0.3) is 10.9 Å². The summed E-state index contributed by atoms with van der Waals surface area (Å²) in [6.45, 7) is 2.07. The molecule has 0 spiro atoms. The Morgan fingerprint density at radius 1 is 1.11 bits per heavy atom. The molecule has 3 nitrogen and oxygen atoms in total. The van der Waals surface area contributed by atoms with E-state index in [9.17, 15) is 0 Å². The predicted molar refractivity (Wildman–Crippen MR) is 72.5 cm³/mol. The molecule has 18 heavy (non-hydrogen) atoms. The molecule has 0 amide bonds. The number of hydrogen-bond acceptors (Lipinski definition) is 3. The van der Waals surface area contributed by atoms with Crippen molar-refractivity contribution in [2.45, 2.75) is 13.0 Å². The molecular formula is C15H14N2O. The van der Waals surface area contributed by atoms with Gasteiger partial charge in [0.15, 0.2) is 0 Å². The fourth-order valence-electron chi connectivity index (χ4n) is 2.06. The number of aromatic nitrogens is 1. The van der Waals surface area contributed by atoms with Crippen LogP contribution in [-0.2, 0) is 0 Å². The molecule has 90 valence electrons. The van der Waals surface area contributed by atoms with Gasteiger partial charge in [-0.15, -0.1) is 0 Å². The van der Waals surface area contributed by atoms with Crippen LogP contribution in [0.4, 0.5) is 5.69 Å². The molecule has 0 saturated heterocycles. The van der Waals surface area contributed by atoms with Gasteiger partial charge in [0.2, 0.25) is 0 Å². The smallest absolute Gasteiger partial charge is 0.125 e. The van der Waals surface area contributed by atoms with Gasteiger partial charge < -0.3 is 9.73 Å². The van der Waals surface area contributed by atoms with Gasteiger partial charge in [-0.3, -0.25) is 4.98 Å². The average molecular weight is 238 g/mol. The number of benzene rings is 1. The lowest BCUT2D eigenvalue weighted by atomic mass is 10.1. The molecule has 1 aromatic carbocycles. The molecule has 0 saturated carbocycles. The molecule has 2 heterocycles. The second kappa shape index (κ2) is 4.53. The molecule has 0 aliphatic rings. The molecule has 2 aromatic heterocycles. The molecule has 0 aliphatic carbocycles. The SMILES string of the molecule is CC(Nc1cccc2cccnc12)c1ccco1. The van der Waals surface area contributed by atoms with Crippen LogP contribution in [0.2, 0.25) is 0 Å². The second-order valence-corrected chi connectivity index (χ2v) is 4.26. The van der Waals surface area contributed by atoms with E-state index in [4.69, 9.17) is 4.42 Å². The van der Waals surface area contributed by atoms with Gasteiger partial charge in [-0.2, -0.15) is 0 Å². The van der Waals surface area contributed by atoms with Crippen LogP contribution in [0.5, 0.6) is 0 Å². The van der Waals surface area contributed by atoms with Crippen molar-refractivity contribution in [1.29, 1.82) is 0 Å². The minimum Gasteiger partial charge on any atom is -0.467 e. The van der Waals surface area contributed by atoms with Gasteiger partial charge in [-0.25, -0.2) is 0 Å². The van der Waals surface area contributed by atoms with Gasteiger partial charge in [0.05, 0.1) is 23.5 Å². The highest BCUT2D eigenvalue weighted by Gasteiger charge is 2.09. The summed E-state index contributed by atoms with van der Waals surface area (Å²) >= 11 is 0. The first-order valence-electron chi connectivity index (χ1n) is 5.98. The summed E-state index contributed by atoms with van der Waals surface area (Å²) in [6.07, 6.45) is 3.50. The molecule has 1 atom stereocenters. The molecule has 0 bridgehead atoms. The first kappa shape index (κ1) is 10.8. The molecule has 3 heteroatoms. The molecule has 0 aliphatic heterocycles.